The van der Waals surface area contributed by atoms with Crippen LogP contribution in [-0.2, 0) is 11.0 Å². The van der Waals surface area contributed by atoms with Gasteiger partial charge < -0.3 is 10.0 Å². The molecule has 0 aromatic heterocycles. The second-order valence-electron chi connectivity index (χ2n) is 6.95. The van der Waals surface area contributed by atoms with E-state index in [0.717, 1.165) is 42.5 Å². The zero-order valence-electron chi connectivity index (χ0n) is 15.8. The highest BCUT2D eigenvalue weighted by Crippen LogP contribution is 2.32. The van der Waals surface area contributed by atoms with Crippen molar-refractivity contribution in [3.63, 3.8) is 0 Å². The van der Waals surface area contributed by atoms with Crippen LogP contribution in [0.25, 0.3) is 5.57 Å². The van der Waals surface area contributed by atoms with Gasteiger partial charge in [-0.3, -0.25) is 0 Å². The van der Waals surface area contributed by atoms with E-state index in [9.17, 15) is 18.0 Å². The summed E-state index contributed by atoms with van der Waals surface area (Å²) in [6.07, 6.45) is 3.15. The van der Waals surface area contributed by atoms with Gasteiger partial charge in [0.15, 0.2) is 0 Å². The Morgan fingerprint density at radius 1 is 0.897 bits per heavy atom. The second kappa shape index (κ2) is 8.99. The third kappa shape index (κ3) is 5.50. The first-order chi connectivity index (χ1) is 13.8. The number of carboxylic acids is 1. The number of alkyl halides is 3. The van der Waals surface area contributed by atoms with Crippen molar-refractivity contribution in [1.29, 1.82) is 0 Å². The zero-order chi connectivity index (χ0) is 20.9. The molecule has 0 saturated carbocycles. The van der Waals surface area contributed by atoms with Gasteiger partial charge in [0.25, 0.3) is 0 Å². The van der Waals surface area contributed by atoms with Crippen LogP contribution in [0, 0.1) is 0 Å². The molecule has 6 heteroatoms. The van der Waals surface area contributed by atoms with E-state index in [2.05, 4.69) is 4.90 Å². The Hall–Kier alpha value is -3.02. The van der Waals surface area contributed by atoms with Crippen molar-refractivity contribution in [2.75, 3.05) is 18.0 Å². The highest BCUT2D eigenvalue weighted by molar-refractivity contribution is 5.84. The van der Waals surface area contributed by atoms with Crippen LogP contribution in [0.15, 0.2) is 66.8 Å². The zero-order valence-corrected chi connectivity index (χ0v) is 15.8. The first kappa shape index (κ1) is 20.7. The Morgan fingerprint density at radius 3 is 1.97 bits per heavy atom. The van der Waals surface area contributed by atoms with E-state index >= 15 is 0 Å². The maximum Gasteiger partial charge on any atom is 0.416 e. The van der Waals surface area contributed by atoms with Crippen molar-refractivity contribution in [3.05, 3.63) is 83.4 Å². The smallest absolute Gasteiger partial charge is 0.416 e. The van der Waals surface area contributed by atoms with Crippen LogP contribution in [0.1, 0.15) is 36.0 Å². The van der Waals surface area contributed by atoms with Gasteiger partial charge in [0, 0.05) is 24.9 Å². The number of anilines is 1. The quantitative estimate of drug-likeness (QED) is 0.511. The largest absolute Gasteiger partial charge is 0.478 e. The molecule has 0 spiro atoms. The van der Waals surface area contributed by atoms with Crippen LogP contribution < -0.4 is 4.90 Å². The summed E-state index contributed by atoms with van der Waals surface area (Å²) in [6, 6.07) is 12.7. The lowest BCUT2D eigenvalue weighted by Crippen LogP contribution is -2.29. The molecule has 3 rings (SSSR count). The molecule has 0 unspecified atom stereocenters. The number of rotatable bonds is 5. The van der Waals surface area contributed by atoms with Crippen LogP contribution in [0.5, 0.6) is 0 Å². The molecule has 0 aliphatic carbocycles. The van der Waals surface area contributed by atoms with Gasteiger partial charge in [0.1, 0.15) is 0 Å². The van der Waals surface area contributed by atoms with E-state index < -0.39 is 17.7 Å². The minimum absolute atomic E-state index is 0.582. The van der Waals surface area contributed by atoms with Gasteiger partial charge in [-0.2, -0.15) is 13.2 Å². The molecule has 29 heavy (non-hydrogen) atoms. The Kier molecular flexibility index (Phi) is 6.42. The topological polar surface area (TPSA) is 40.5 Å². The summed E-state index contributed by atoms with van der Waals surface area (Å²) in [4.78, 5) is 13.1. The number of nitrogens with zero attached hydrogens (tertiary/aromatic N) is 1. The second-order valence-corrected chi connectivity index (χ2v) is 6.95. The minimum atomic E-state index is -4.40. The third-order valence-corrected chi connectivity index (χ3v) is 4.92. The molecular formula is C23H22F3NO2. The van der Waals surface area contributed by atoms with Gasteiger partial charge in [-0.25, -0.2) is 4.79 Å². The van der Waals surface area contributed by atoms with Gasteiger partial charge in [0.05, 0.1) is 5.56 Å². The number of hydrogen-bond donors (Lipinski definition) is 1. The third-order valence-electron chi connectivity index (χ3n) is 4.92. The van der Waals surface area contributed by atoms with E-state index in [1.54, 1.807) is 6.08 Å². The van der Waals surface area contributed by atoms with Gasteiger partial charge >= 0.3 is 12.1 Å². The number of halogens is 3. The SMILES string of the molecule is O=C(O)C=CC=C(c1ccc(N2CCCCC2)cc1)c1ccc(C(F)(F)F)cc1. The molecule has 1 aliphatic heterocycles. The minimum Gasteiger partial charge on any atom is -0.478 e. The van der Waals surface area contributed by atoms with Gasteiger partial charge in [-0.15, -0.1) is 0 Å². The van der Waals surface area contributed by atoms with Gasteiger partial charge in [0.2, 0.25) is 0 Å². The van der Waals surface area contributed by atoms with Crippen LogP contribution in [0.3, 0.4) is 0 Å². The van der Waals surface area contributed by atoms with Crippen molar-refractivity contribution in [1.82, 2.24) is 0 Å². The average molecular weight is 401 g/mol. The summed E-state index contributed by atoms with van der Waals surface area (Å²) in [6.45, 7) is 2.03. The summed E-state index contributed by atoms with van der Waals surface area (Å²) >= 11 is 0. The van der Waals surface area contributed by atoms with E-state index in [4.69, 9.17) is 5.11 Å². The maximum absolute atomic E-state index is 12.9. The van der Waals surface area contributed by atoms with Crippen molar-refractivity contribution >= 4 is 17.2 Å². The lowest BCUT2D eigenvalue weighted by atomic mass is 9.96. The fraction of sp³-hybridized carbons (Fsp3) is 0.261. The highest BCUT2D eigenvalue weighted by atomic mass is 19.4. The number of carbonyl (C=O) groups is 1. The average Bonchev–Trinajstić information content (AvgIpc) is 2.71. The monoisotopic (exact) mass is 401 g/mol. The molecule has 2 aromatic rings. The van der Waals surface area contributed by atoms with Gasteiger partial charge in [-0.1, -0.05) is 36.4 Å². The molecule has 0 bridgehead atoms. The molecule has 0 amide bonds. The number of hydrogen-bond acceptors (Lipinski definition) is 2. The van der Waals surface area contributed by atoms with Crippen LogP contribution in [0.4, 0.5) is 18.9 Å². The molecule has 2 aromatic carbocycles. The number of allylic oxidation sites excluding steroid dienone is 2. The van der Waals surface area contributed by atoms with Crippen molar-refractivity contribution in [2.45, 2.75) is 25.4 Å². The normalized spacial score (nSPS) is 15.7. The van der Waals surface area contributed by atoms with Crippen molar-refractivity contribution < 1.29 is 23.1 Å². The van der Waals surface area contributed by atoms with Crippen LogP contribution in [-0.4, -0.2) is 24.2 Å². The summed E-state index contributed by atoms with van der Waals surface area (Å²) in [5.41, 5.74) is 2.43. The number of piperidine rings is 1. The summed E-state index contributed by atoms with van der Waals surface area (Å²) in [5, 5.41) is 8.83. The van der Waals surface area contributed by atoms with E-state index in [1.165, 1.54) is 37.5 Å². The Balaban J connectivity index is 1.92. The highest BCUT2D eigenvalue weighted by Gasteiger charge is 2.30. The lowest BCUT2D eigenvalue weighted by Gasteiger charge is -2.29. The molecule has 1 aliphatic rings. The predicted molar refractivity (Wildman–Crippen MR) is 108 cm³/mol. The van der Waals surface area contributed by atoms with E-state index in [0.29, 0.717) is 11.1 Å². The number of aliphatic carboxylic acids is 1. The Labute approximate surface area is 167 Å². The fourth-order valence-electron chi connectivity index (χ4n) is 3.43. The first-order valence-corrected chi connectivity index (χ1v) is 9.49. The fourth-order valence-corrected chi connectivity index (χ4v) is 3.43. The van der Waals surface area contributed by atoms with Crippen molar-refractivity contribution in [2.24, 2.45) is 0 Å². The Bertz CT molecular complexity index is 891. The molecule has 1 heterocycles. The first-order valence-electron chi connectivity index (χ1n) is 9.49. The summed E-state index contributed by atoms with van der Waals surface area (Å²) < 4.78 is 38.6. The van der Waals surface area contributed by atoms with E-state index in [1.807, 2.05) is 24.3 Å². The van der Waals surface area contributed by atoms with E-state index in [-0.39, 0.29) is 0 Å². The van der Waals surface area contributed by atoms with Crippen LogP contribution >= 0.6 is 0 Å². The summed E-state index contributed by atoms with van der Waals surface area (Å²) in [7, 11) is 0. The Morgan fingerprint density at radius 2 is 1.45 bits per heavy atom. The molecule has 152 valence electrons. The molecule has 3 nitrogen and oxygen atoms in total. The number of benzene rings is 2. The lowest BCUT2D eigenvalue weighted by molar-refractivity contribution is -0.137. The molecule has 1 fully saturated rings. The standard InChI is InChI=1S/C23H22F3NO2/c24-23(25,26)19-11-7-17(8-12-19)21(5-4-6-22(28)29)18-9-13-20(14-10-18)27-15-2-1-3-16-27/h4-14H,1-3,15-16H2,(H,28,29). The van der Waals surface area contributed by atoms with Crippen LogP contribution in [0.2, 0.25) is 0 Å². The van der Waals surface area contributed by atoms with Crippen molar-refractivity contribution in [3.8, 4) is 0 Å². The predicted octanol–water partition coefficient (Wildman–Crippen LogP) is 5.77. The molecule has 0 atom stereocenters. The number of carboxylic acid groups (broad SMARTS) is 1. The molecule has 0 radical (unpaired) electrons. The summed E-state index contributed by atoms with van der Waals surface area (Å²) in [5.74, 6) is -1.09. The molecular weight excluding hydrogens is 379 g/mol. The maximum atomic E-state index is 12.9. The van der Waals surface area contributed by atoms with Gasteiger partial charge in [-0.05, 0) is 60.2 Å². The molecule has 1 saturated heterocycles. The molecule has 1 N–H and O–H groups in total.